The van der Waals surface area contributed by atoms with Gasteiger partial charge in [-0.25, -0.2) is 8.42 Å². The lowest BCUT2D eigenvalue weighted by Gasteiger charge is -2.27. The second-order valence-corrected chi connectivity index (χ2v) is 7.30. The number of halogens is 4. The Morgan fingerprint density at radius 1 is 1.29 bits per heavy atom. The molecule has 0 N–H and O–H groups in total. The highest BCUT2D eigenvalue weighted by atomic mass is 35.5. The van der Waals surface area contributed by atoms with E-state index in [0.717, 1.165) is 4.31 Å². The fourth-order valence-electron chi connectivity index (χ4n) is 2.57. The summed E-state index contributed by atoms with van der Waals surface area (Å²) in [5, 5.41) is 0. The number of fused-ring (bicyclic) bond motifs is 1. The van der Waals surface area contributed by atoms with Crippen molar-refractivity contribution in [2.75, 3.05) is 15.9 Å². The van der Waals surface area contributed by atoms with Crippen molar-refractivity contribution in [1.82, 2.24) is 0 Å². The Morgan fingerprint density at radius 2 is 1.95 bits per heavy atom. The highest BCUT2D eigenvalue weighted by Crippen LogP contribution is 2.39. The van der Waals surface area contributed by atoms with E-state index in [1.807, 2.05) is 0 Å². The molecule has 2 rings (SSSR count). The lowest BCUT2D eigenvalue weighted by molar-refractivity contribution is -0.137. The van der Waals surface area contributed by atoms with Gasteiger partial charge in [-0.3, -0.25) is 4.31 Å². The molecule has 0 aliphatic carbocycles. The largest absolute Gasteiger partial charge is 0.391 e. The molecule has 0 fully saturated rings. The smallest absolute Gasteiger partial charge is 0.266 e. The highest BCUT2D eigenvalue weighted by Gasteiger charge is 2.43. The Bertz CT molecular complexity index is 604. The second-order valence-electron chi connectivity index (χ2n) is 4.96. The minimum Gasteiger partial charge on any atom is -0.266 e. The molecule has 1 aromatic rings. The summed E-state index contributed by atoms with van der Waals surface area (Å²) in [5.74, 6) is -0.0994. The van der Waals surface area contributed by atoms with E-state index in [-0.39, 0.29) is 24.5 Å². The second kappa shape index (κ2) is 6.04. The van der Waals surface area contributed by atoms with Gasteiger partial charge in [-0.1, -0.05) is 18.2 Å². The molecular formula is C13H15ClF3NO2S. The first-order valence-electron chi connectivity index (χ1n) is 6.47. The van der Waals surface area contributed by atoms with Crippen molar-refractivity contribution < 1.29 is 21.6 Å². The summed E-state index contributed by atoms with van der Waals surface area (Å²) >= 11 is 5.49. The van der Waals surface area contributed by atoms with Gasteiger partial charge in [0.25, 0.3) is 0 Å². The molecule has 1 aromatic carbocycles. The van der Waals surface area contributed by atoms with Crippen molar-refractivity contribution >= 4 is 27.3 Å². The van der Waals surface area contributed by atoms with Gasteiger partial charge in [-0.2, -0.15) is 13.2 Å². The van der Waals surface area contributed by atoms with E-state index >= 15 is 0 Å². The summed E-state index contributed by atoms with van der Waals surface area (Å²) in [6.07, 6.45) is -5.27. The number of hydrogen-bond acceptors (Lipinski definition) is 2. The van der Waals surface area contributed by atoms with Crippen molar-refractivity contribution in [1.29, 1.82) is 0 Å². The average molecular weight is 342 g/mol. The molecule has 1 heterocycles. The van der Waals surface area contributed by atoms with Crippen LogP contribution in [0.2, 0.25) is 0 Å². The van der Waals surface area contributed by atoms with Crippen LogP contribution in [0.15, 0.2) is 24.3 Å². The maximum Gasteiger partial charge on any atom is 0.391 e. The summed E-state index contributed by atoms with van der Waals surface area (Å²) in [5.41, 5.74) is 0.975. The van der Waals surface area contributed by atoms with E-state index in [2.05, 4.69) is 0 Å². The zero-order chi connectivity index (χ0) is 15.7. The Hall–Kier alpha value is -0.950. The summed E-state index contributed by atoms with van der Waals surface area (Å²) in [6, 6.07) is 5.42. The number of alkyl halides is 4. The number of para-hydroxylation sites is 1. The Balaban J connectivity index is 2.36. The molecular weight excluding hydrogens is 327 g/mol. The number of anilines is 1. The molecule has 1 unspecified atom stereocenters. The first kappa shape index (κ1) is 16.4. The third kappa shape index (κ3) is 3.83. The van der Waals surface area contributed by atoms with Gasteiger partial charge in [-0.05, 0) is 24.5 Å². The van der Waals surface area contributed by atoms with Gasteiger partial charge in [0.15, 0.2) is 0 Å². The van der Waals surface area contributed by atoms with Crippen LogP contribution in [0.25, 0.3) is 0 Å². The summed E-state index contributed by atoms with van der Waals surface area (Å²) in [6.45, 7) is 0. The molecule has 3 nitrogen and oxygen atoms in total. The fraction of sp³-hybridized carbons (Fsp3) is 0.538. The average Bonchev–Trinajstić information content (AvgIpc) is 2.72. The van der Waals surface area contributed by atoms with E-state index in [0.29, 0.717) is 11.3 Å². The first-order chi connectivity index (χ1) is 9.74. The van der Waals surface area contributed by atoms with Crippen LogP contribution in [0.4, 0.5) is 18.9 Å². The van der Waals surface area contributed by atoms with Crippen molar-refractivity contribution in [3.63, 3.8) is 0 Å². The van der Waals surface area contributed by atoms with E-state index in [4.69, 9.17) is 11.6 Å². The quantitative estimate of drug-likeness (QED) is 0.770. The number of nitrogens with zero attached hydrogens (tertiary/aromatic N) is 1. The third-order valence-electron chi connectivity index (χ3n) is 3.32. The van der Waals surface area contributed by atoms with Gasteiger partial charge < -0.3 is 0 Å². The van der Waals surface area contributed by atoms with Gasteiger partial charge in [0, 0.05) is 5.88 Å². The molecule has 0 aromatic heterocycles. The fourth-order valence-corrected chi connectivity index (χ4v) is 4.65. The zero-order valence-corrected chi connectivity index (χ0v) is 12.7. The molecule has 0 spiro atoms. The van der Waals surface area contributed by atoms with E-state index < -0.39 is 28.7 Å². The maximum atomic E-state index is 12.7. The predicted octanol–water partition coefficient (Wildman–Crippen LogP) is 3.33. The van der Waals surface area contributed by atoms with Gasteiger partial charge in [-0.15, -0.1) is 11.6 Å². The lowest BCUT2D eigenvalue weighted by atomic mass is 10.1. The van der Waals surface area contributed by atoms with Crippen LogP contribution in [-0.4, -0.2) is 32.3 Å². The number of benzene rings is 1. The van der Waals surface area contributed by atoms with E-state index in [1.165, 1.54) is 0 Å². The van der Waals surface area contributed by atoms with E-state index in [9.17, 15) is 21.6 Å². The number of rotatable bonds is 5. The van der Waals surface area contributed by atoms with Crippen LogP contribution in [0.3, 0.4) is 0 Å². The van der Waals surface area contributed by atoms with Gasteiger partial charge in [0.1, 0.15) is 0 Å². The monoisotopic (exact) mass is 341 g/mol. The van der Waals surface area contributed by atoms with Crippen LogP contribution in [0.5, 0.6) is 0 Å². The molecule has 118 valence electrons. The minimum absolute atomic E-state index is 0.0792. The first-order valence-corrected chi connectivity index (χ1v) is 8.62. The van der Waals surface area contributed by atoms with Crippen molar-refractivity contribution in [2.45, 2.75) is 31.5 Å². The van der Waals surface area contributed by atoms with E-state index in [1.54, 1.807) is 24.3 Å². The van der Waals surface area contributed by atoms with Crippen molar-refractivity contribution in [2.24, 2.45) is 0 Å². The van der Waals surface area contributed by atoms with Gasteiger partial charge in [0.05, 0.1) is 23.9 Å². The molecule has 0 bridgehead atoms. The Kier molecular flexibility index (Phi) is 4.72. The SMILES string of the molecule is O=S(=O)(CCCCl)N1c2ccccc2CC1CC(F)(F)F. The molecule has 1 atom stereocenters. The Morgan fingerprint density at radius 3 is 2.57 bits per heavy atom. The minimum atomic E-state index is -4.41. The number of hydrogen-bond donors (Lipinski definition) is 0. The normalized spacial score (nSPS) is 18.9. The highest BCUT2D eigenvalue weighted by molar-refractivity contribution is 7.92. The number of sulfonamides is 1. The van der Waals surface area contributed by atoms with Crippen LogP contribution >= 0.6 is 11.6 Å². The molecule has 0 saturated heterocycles. The van der Waals surface area contributed by atoms with Crippen LogP contribution in [0.1, 0.15) is 18.4 Å². The van der Waals surface area contributed by atoms with Crippen LogP contribution in [0, 0.1) is 0 Å². The molecule has 8 heteroatoms. The lowest BCUT2D eigenvalue weighted by Crippen LogP contribution is -2.41. The Labute approximate surface area is 126 Å². The molecule has 0 saturated carbocycles. The standard InChI is InChI=1S/C13H15ClF3NO2S/c14-6-3-7-21(19,20)18-11(9-13(15,16)17)8-10-4-1-2-5-12(10)18/h1-2,4-5,11H,3,6-9H2. The van der Waals surface area contributed by atoms with Gasteiger partial charge >= 0.3 is 6.18 Å². The third-order valence-corrected chi connectivity index (χ3v) is 5.48. The predicted molar refractivity (Wildman–Crippen MR) is 76.2 cm³/mol. The summed E-state index contributed by atoms with van der Waals surface area (Å²) < 4.78 is 63.7. The summed E-state index contributed by atoms with van der Waals surface area (Å²) in [7, 11) is -3.81. The maximum absolute atomic E-state index is 12.7. The van der Waals surface area contributed by atoms with Gasteiger partial charge in [0.2, 0.25) is 10.0 Å². The molecule has 0 radical (unpaired) electrons. The van der Waals surface area contributed by atoms with Crippen LogP contribution < -0.4 is 4.31 Å². The van der Waals surface area contributed by atoms with Crippen LogP contribution in [-0.2, 0) is 16.4 Å². The molecule has 1 aliphatic rings. The van der Waals surface area contributed by atoms with Crippen molar-refractivity contribution in [3.8, 4) is 0 Å². The zero-order valence-electron chi connectivity index (χ0n) is 11.1. The molecule has 0 amide bonds. The molecule has 21 heavy (non-hydrogen) atoms. The van der Waals surface area contributed by atoms with Crippen molar-refractivity contribution in [3.05, 3.63) is 29.8 Å². The molecule has 1 aliphatic heterocycles. The summed E-state index contributed by atoms with van der Waals surface area (Å²) in [4.78, 5) is 0. The topological polar surface area (TPSA) is 37.4 Å².